The highest BCUT2D eigenvalue weighted by atomic mass is 14.6. The number of hydrogen-bond acceptors (Lipinski definition) is 1. The zero-order valence-electron chi connectivity index (χ0n) is 11.1. The summed E-state index contributed by atoms with van der Waals surface area (Å²) in [5.41, 5.74) is 8.20. The van der Waals surface area contributed by atoms with Crippen LogP contribution in [0, 0.1) is 0 Å². The molecule has 1 aromatic carbocycles. The lowest BCUT2D eigenvalue weighted by Crippen LogP contribution is -1.89. The van der Waals surface area contributed by atoms with Gasteiger partial charge in [-0.3, -0.25) is 4.98 Å². The minimum absolute atomic E-state index is 1.06. The second-order valence-electron chi connectivity index (χ2n) is 5.07. The van der Waals surface area contributed by atoms with Crippen LogP contribution in [-0.2, 0) is 0 Å². The predicted octanol–water partition coefficient (Wildman–Crippen LogP) is 4.75. The lowest BCUT2D eigenvalue weighted by atomic mass is 9.97. The third-order valence-electron chi connectivity index (χ3n) is 4.06. The van der Waals surface area contributed by atoms with Crippen LogP contribution in [-0.4, -0.2) is 4.98 Å². The van der Waals surface area contributed by atoms with Crippen LogP contribution in [0.25, 0.3) is 16.5 Å². The molecule has 90 valence electrons. The molecular formula is C17H17N. The summed E-state index contributed by atoms with van der Waals surface area (Å²) in [5.74, 6) is 0. The molecule has 0 amide bonds. The summed E-state index contributed by atoms with van der Waals surface area (Å²) in [6.45, 7) is 6.67. The van der Waals surface area contributed by atoms with Crippen molar-refractivity contribution in [2.45, 2.75) is 27.2 Å². The van der Waals surface area contributed by atoms with Crippen molar-refractivity contribution in [2.24, 2.45) is 0 Å². The third kappa shape index (κ3) is 1.59. The number of fused-ring (bicyclic) bond motifs is 1. The molecule has 3 rings (SSSR count). The van der Waals surface area contributed by atoms with Gasteiger partial charge in [0.2, 0.25) is 0 Å². The maximum atomic E-state index is 4.56. The number of rotatable bonds is 1. The highest BCUT2D eigenvalue weighted by molar-refractivity contribution is 5.93. The van der Waals surface area contributed by atoms with Crippen molar-refractivity contribution in [1.29, 1.82) is 0 Å². The van der Waals surface area contributed by atoms with Crippen molar-refractivity contribution >= 4 is 16.5 Å². The molecule has 0 atom stereocenters. The monoisotopic (exact) mass is 235 g/mol. The van der Waals surface area contributed by atoms with Crippen molar-refractivity contribution in [3.05, 3.63) is 58.8 Å². The lowest BCUT2D eigenvalue weighted by molar-refractivity contribution is 1.22. The first-order valence-corrected chi connectivity index (χ1v) is 6.39. The normalized spacial score (nSPS) is 15.9. The fraction of sp³-hybridized carbons (Fsp3) is 0.235. The highest BCUT2D eigenvalue weighted by Gasteiger charge is 2.18. The largest absolute Gasteiger partial charge is 0.256 e. The minimum atomic E-state index is 1.06. The third-order valence-corrected chi connectivity index (χ3v) is 4.06. The van der Waals surface area contributed by atoms with E-state index in [-0.39, 0.29) is 0 Å². The number of para-hydroxylation sites is 1. The van der Waals surface area contributed by atoms with Crippen molar-refractivity contribution in [2.75, 3.05) is 0 Å². The van der Waals surface area contributed by atoms with Gasteiger partial charge >= 0.3 is 0 Å². The molecule has 1 aliphatic rings. The minimum Gasteiger partial charge on any atom is -0.256 e. The Balaban J connectivity index is 2.24. The second kappa shape index (κ2) is 4.09. The Bertz CT molecular complexity index is 684. The van der Waals surface area contributed by atoms with E-state index in [1.807, 2.05) is 12.3 Å². The van der Waals surface area contributed by atoms with Crippen molar-refractivity contribution < 1.29 is 0 Å². The van der Waals surface area contributed by atoms with Crippen LogP contribution in [0.3, 0.4) is 0 Å². The molecule has 1 heterocycles. The van der Waals surface area contributed by atoms with Gasteiger partial charge in [-0.25, -0.2) is 0 Å². The molecule has 0 saturated heterocycles. The number of allylic oxidation sites excluding steroid dienone is 4. The predicted molar refractivity (Wildman–Crippen MR) is 77.3 cm³/mol. The average Bonchev–Trinajstić information content (AvgIpc) is 2.66. The Morgan fingerprint density at radius 3 is 2.44 bits per heavy atom. The number of nitrogens with zero attached hydrogens (tertiary/aromatic N) is 1. The number of hydrogen-bond donors (Lipinski definition) is 0. The standard InChI is InChI=1S/C17H17N/c1-11-10-16(13(3)12(11)2)15-8-4-6-14-7-5-9-18-17(14)15/h4-9H,10H2,1-3H3. The van der Waals surface area contributed by atoms with E-state index in [1.54, 1.807) is 0 Å². The molecule has 18 heavy (non-hydrogen) atoms. The van der Waals surface area contributed by atoms with E-state index in [2.05, 4.69) is 50.0 Å². The van der Waals surface area contributed by atoms with E-state index in [1.165, 1.54) is 33.2 Å². The summed E-state index contributed by atoms with van der Waals surface area (Å²) in [7, 11) is 0. The maximum Gasteiger partial charge on any atom is 0.0777 e. The molecule has 0 unspecified atom stereocenters. The Morgan fingerprint density at radius 1 is 0.944 bits per heavy atom. The molecule has 0 N–H and O–H groups in total. The summed E-state index contributed by atoms with van der Waals surface area (Å²) in [5, 5.41) is 1.22. The van der Waals surface area contributed by atoms with Gasteiger partial charge in [0, 0.05) is 17.1 Å². The Hall–Kier alpha value is -1.89. The molecule has 0 saturated carbocycles. The van der Waals surface area contributed by atoms with E-state index >= 15 is 0 Å². The molecule has 0 bridgehead atoms. The van der Waals surface area contributed by atoms with Crippen LogP contribution in [0.1, 0.15) is 32.8 Å². The van der Waals surface area contributed by atoms with Crippen LogP contribution < -0.4 is 0 Å². The molecule has 0 aliphatic heterocycles. The molecule has 1 nitrogen and oxygen atoms in total. The zero-order valence-corrected chi connectivity index (χ0v) is 11.1. The topological polar surface area (TPSA) is 12.9 Å². The van der Waals surface area contributed by atoms with Crippen LogP contribution in [0.15, 0.2) is 53.2 Å². The fourth-order valence-electron chi connectivity index (χ4n) is 2.72. The van der Waals surface area contributed by atoms with Gasteiger partial charge < -0.3 is 0 Å². The summed E-state index contributed by atoms with van der Waals surface area (Å²) < 4.78 is 0. The average molecular weight is 235 g/mol. The lowest BCUT2D eigenvalue weighted by Gasteiger charge is -2.09. The molecule has 1 heteroatoms. The maximum absolute atomic E-state index is 4.56. The zero-order chi connectivity index (χ0) is 12.7. The van der Waals surface area contributed by atoms with Gasteiger partial charge in [0.25, 0.3) is 0 Å². The molecule has 0 spiro atoms. The molecule has 2 aromatic rings. The van der Waals surface area contributed by atoms with Crippen LogP contribution in [0.2, 0.25) is 0 Å². The van der Waals surface area contributed by atoms with Gasteiger partial charge in [-0.15, -0.1) is 0 Å². The van der Waals surface area contributed by atoms with E-state index in [0.29, 0.717) is 0 Å². The molecule has 0 radical (unpaired) electrons. The number of aromatic nitrogens is 1. The van der Waals surface area contributed by atoms with E-state index in [9.17, 15) is 0 Å². The Morgan fingerprint density at radius 2 is 1.72 bits per heavy atom. The second-order valence-corrected chi connectivity index (χ2v) is 5.07. The molecule has 0 fully saturated rings. The summed E-state index contributed by atoms with van der Waals surface area (Å²) in [6.07, 6.45) is 2.94. The first-order valence-electron chi connectivity index (χ1n) is 6.39. The van der Waals surface area contributed by atoms with Crippen molar-refractivity contribution in [1.82, 2.24) is 4.98 Å². The van der Waals surface area contributed by atoms with Gasteiger partial charge in [0.15, 0.2) is 0 Å². The summed E-state index contributed by atoms with van der Waals surface area (Å²) in [6, 6.07) is 10.6. The van der Waals surface area contributed by atoms with Crippen LogP contribution >= 0.6 is 0 Å². The quantitative estimate of drug-likeness (QED) is 0.695. The van der Waals surface area contributed by atoms with Gasteiger partial charge in [-0.2, -0.15) is 0 Å². The SMILES string of the molecule is CC1=C(C)C(C)=C(c2cccc3cccnc23)C1. The van der Waals surface area contributed by atoms with Crippen LogP contribution in [0.5, 0.6) is 0 Å². The highest BCUT2D eigenvalue weighted by Crippen LogP contribution is 2.39. The summed E-state index contributed by atoms with van der Waals surface area (Å²) >= 11 is 0. The Labute approximate surface area is 108 Å². The first kappa shape index (κ1) is 11.2. The number of benzene rings is 1. The summed E-state index contributed by atoms with van der Waals surface area (Å²) in [4.78, 5) is 4.56. The van der Waals surface area contributed by atoms with E-state index in [4.69, 9.17) is 0 Å². The molecular weight excluding hydrogens is 218 g/mol. The van der Waals surface area contributed by atoms with Crippen LogP contribution in [0.4, 0.5) is 0 Å². The van der Waals surface area contributed by atoms with Gasteiger partial charge in [0.1, 0.15) is 0 Å². The van der Waals surface area contributed by atoms with Gasteiger partial charge in [0.05, 0.1) is 5.52 Å². The van der Waals surface area contributed by atoms with Crippen molar-refractivity contribution in [3.8, 4) is 0 Å². The smallest absolute Gasteiger partial charge is 0.0777 e. The fourth-order valence-corrected chi connectivity index (χ4v) is 2.72. The van der Waals surface area contributed by atoms with Gasteiger partial charge in [-0.05, 0) is 50.0 Å². The van der Waals surface area contributed by atoms with E-state index < -0.39 is 0 Å². The molecule has 1 aliphatic carbocycles. The van der Waals surface area contributed by atoms with Gasteiger partial charge in [-0.1, -0.05) is 29.8 Å². The Kier molecular flexibility index (Phi) is 2.55. The molecule has 1 aromatic heterocycles. The first-order chi connectivity index (χ1) is 8.68. The van der Waals surface area contributed by atoms with E-state index in [0.717, 1.165) is 11.9 Å². The van der Waals surface area contributed by atoms with Crippen molar-refractivity contribution in [3.63, 3.8) is 0 Å². The number of pyridine rings is 1.